The van der Waals surface area contributed by atoms with Crippen LogP contribution in [0, 0.1) is 3.57 Å². The predicted molar refractivity (Wildman–Crippen MR) is 67.1 cm³/mol. The van der Waals surface area contributed by atoms with Crippen LogP contribution in [-0.2, 0) is 17.6 Å². The van der Waals surface area contributed by atoms with E-state index < -0.39 is 0 Å². The summed E-state index contributed by atoms with van der Waals surface area (Å²) in [5.41, 5.74) is 2.95. The van der Waals surface area contributed by atoms with E-state index in [0.717, 1.165) is 33.3 Å². The Morgan fingerprint density at radius 1 is 1.53 bits per heavy atom. The minimum atomic E-state index is 0.435. The van der Waals surface area contributed by atoms with Gasteiger partial charge in [0, 0.05) is 16.2 Å². The lowest BCUT2D eigenvalue weighted by Gasteiger charge is -1.99. The molecule has 2 aromatic rings. The van der Waals surface area contributed by atoms with Gasteiger partial charge in [-0.1, -0.05) is 6.92 Å². The fourth-order valence-electron chi connectivity index (χ4n) is 1.69. The highest BCUT2D eigenvalue weighted by atomic mass is 127. The minimum absolute atomic E-state index is 0.435. The van der Waals surface area contributed by atoms with E-state index in [1.165, 1.54) is 0 Å². The molecule has 2 rings (SSSR count). The molecule has 0 spiro atoms. The first kappa shape index (κ1) is 10.6. The van der Waals surface area contributed by atoms with Crippen LogP contribution in [0.5, 0.6) is 0 Å². The number of hydrogen-bond donors (Lipinski definition) is 0. The van der Waals surface area contributed by atoms with Crippen LogP contribution in [0.2, 0.25) is 0 Å². The molecule has 0 saturated heterocycles. The van der Waals surface area contributed by atoms with Gasteiger partial charge in [0.15, 0.2) is 0 Å². The van der Waals surface area contributed by atoms with Crippen LogP contribution in [0.4, 0.5) is 0 Å². The molecule has 0 radical (unpaired) electrons. The lowest BCUT2D eigenvalue weighted by atomic mass is 10.2. The Bertz CT molecular complexity index is 505. The summed E-state index contributed by atoms with van der Waals surface area (Å²) in [5.74, 6) is 0. The lowest BCUT2D eigenvalue weighted by Crippen LogP contribution is -1.97. The smallest absolute Gasteiger partial charge is 0.137 e. The summed E-state index contributed by atoms with van der Waals surface area (Å²) >= 11 is 2.26. The van der Waals surface area contributed by atoms with E-state index in [9.17, 15) is 4.79 Å². The maximum Gasteiger partial charge on any atom is 0.137 e. The van der Waals surface area contributed by atoms with Gasteiger partial charge in [0.2, 0.25) is 0 Å². The van der Waals surface area contributed by atoms with Crippen LogP contribution in [0.3, 0.4) is 0 Å². The average Bonchev–Trinajstić information content (AvgIpc) is 2.57. The number of aromatic nitrogens is 2. The van der Waals surface area contributed by atoms with Gasteiger partial charge in [-0.05, 0) is 41.1 Å². The van der Waals surface area contributed by atoms with Crippen molar-refractivity contribution in [2.75, 3.05) is 0 Å². The van der Waals surface area contributed by atoms with Crippen LogP contribution in [0.25, 0.3) is 5.65 Å². The van der Waals surface area contributed by atoms with Crippen molar-refractivity contribution in [1.29, 1.82) is 0 Å². The summed E-state index contributed by atoms with van der Waals surface area (Å²) in [4.78, 5) is 15.1. The molecule has 0 amide bonds. The molecule has 0 saturated carbocycles. The molecule has 0 unspecified atom stereocenters. The van der Waals surface area contributed by atoms with Gasteiger partial charge in [-0.2, -0.15) is 0 Å². The third-order valence-electron chi connectivity index (χ3n) is 2.38. The van der Waals surface area contributed by atoms with E-state index >= 15 is 0 Å². The summed E-state index contributed by atoms with van der Waals surface area (Å²) < 4.78 is 3.15. The zero-order chi connectivity index (χ0) is 10.8. The highest BCUT2D eigenvalue weighted by Gasteiger charge is 2.09. The maximum absolute atomic E-state index is 10.6. The first-order valence-corrected chi connectivity index (χ1v) is 5.93. The van der Waals surface area contributed by atoms with Gasteiger partial charge < -0.3 is 9.20 Å². The van der Waals surface area contributed by atoms with Crippen LogP contribution in [-0.4, -0.2) is 15.7 Å². The maximum atomic E-state index is 10.6. The van der Waals surface area contributed by atoms with Crippen molar-refractivity contribution in [1.82, 2.24) is 9.38 Å². The fourth-order valence-corrected chi connectivity index (χ4v) is 2.15. The van der Waals surface area contributed by atoms with E-state index in [4.69, 9.17) is 0 Å². The van der Waals surface area contributed by atoms with E-state index in [1.54, 1.807) is 0 Å². The monoisotopic (exact) mass is 314 g/mol. The number of aldehydes is 1. The van der Waals surface area contributed by atoms with Gasteiger partial charge in [0.1, 0.15) is 11.9 Å². The highest BCUT2D eigenvalue weighted by Crippen LogP contribution is 2.15. The summed E-state index contributed by atoms with van der Waals surface area (Å²) in [6.45, 7) is 2.06. The number of hydrogen-bond acceptors (Lipinski definition) is 2. The molecule has 2 heterocycles. The van der Waals surface area contributed by atoms with Crippen molar-refractivity contribution < 1.29 is 4.79 Å². The van der Waals surface area contributed by atoms with Gasteiger partial charge in [-0.3, -0.25) is 0 Å². The van der Waals surface area contributed by atoms with Crippen LogP contribution in [0.1, 0.15) is 18.3 Å². The molecule has 4 heteroatoms. The Morgan fingerprint density at radius 3 is 3.00 bits per heavy atom. The third-order valence-corrected chi connectivity index (χ3v) is 3.01. The fraction of sp³-hybridized carbons (Fsp3) is 0.273. The number of nitrogens with zero attached hydrogens (tertiary/aromatic N) is 2. The normalized spacial score (nSPS) is 10.8. The molecule has 0 aliphatic heterocycles. The Labute approximate surface area is 102 Å². The Hall–Kier alpha value is -0.910. The molecule has 3 nitrogen and oxygen atoms in total. The van der Waals surface area contributed by atoms with Crippen molar-refractivity contribution in [3.05, 3.63) is 33.3 Å². The Balaban J connectivity index is 2.70. The van der Waals surface area contributed by atoms with Crippen LogP contribution >= 0.6 is 22.6 Å². The largest absolute Gasteiger partial charge is 0.303 e. The number of rotatable bonds is 3. The molecule has 0 bridgehead atoms. The second kappa shape index (κ2) is 4.30. The SMILES string of the molecule is CCc1nc2ccc(I)cn2c1CC=O. The first-order chi connectivity index (χ1) is 7.26. The quantitative estimate of drug-likeness (QED) is 0.643. The number of carbonyl (C=O) groups excluding carboxylic acids is 1. The second-order valence-electron chi connectivity index (χ2n) is 3.31. The standard InChI is InChI=1S/C11H11IN2O/c1-2-9-10(5-6-15)14-7-8(12)3-4-11(14)13-9/h3-4,6-7H,2,5H2,1H3. The van der Waals surface area contributed by atoms with Gasteiger partial charge in [0.05, 0.1) is 11.4 Å². The number of fused-ring (bicyclic) bond motifs is 1. The van der Waals surface area contributed by atoms with Crippen LogP contribution < -0.4 is 0 Å². The van der Waals surface area contributed by atoms with Gasteiger partial charge in [0.25, 0.3) is 0 Å². The van der Waals surface area contributed by atoms with E-state index in [2.05, 4.69) is 34.5 Å². The molecule has 0 aliphatic carbocycles. The second-order valence-corrected chi connectivity index (χ2v) is 4.55. The third kappa shape index (κ3) is 1.90. The summed E-state index contributed by atoms with van der Waals surface area (Å²) in [5, 5.41) is 0. The van der Waals surface area contributed by atoms with Crippen LogP contribution in [0.15, 0.2) is 18.3 Å². The molecule has 0 N–H and O–H groups in total. The number of halogens is 1. The van der Waals surface area contributed by atoms with Crippen molar-refractivity contribution in [2.24, 2.45) is 0 Å². The topological polar surface area (TPSA) is 34.4 Å². The Morgan fingerprint density at radius 2 is 2.33 bits per heavy atom. The minimum Gasteiger partial charge on any atom is -0.303 e. The van der Waals surface area contributed by atoms with Gasteiger partial charge in [-0.15, -0.1) is 0 Å². The lowest BCUT2D eigenvalue weighted by molar-refractivity contribution is -0.107. The number of carbonyl (C=O) groups is 1. The van der Waals surface area contributed by atoms with Crippen molar-refractivity contribution in [3.8, 4) is 0 Å². The zero-order valence-electron chi connectivity index (χ0n) is 8.40. The van der Waals surface area contributed by atoms with Gasteiger partial charge >= 0.3 is 0 Å². The summed E-state index contributed by atoms with van der Waals surface area (Å²) in [6, 6.07) is 4.00. The predicted octanol–water partition coefficient (Wildman–Crippen LogP) is 2.24. The summed E-state index contributed by atoms with van der Waals surface area (Å²) in [6.07, 6.45) is 4.25. The molecule has 0 aliphatic rings. The highest BCUT2D eigenvalue weighted by molar-refractivity contribution is 14.1. The molecular weight excluding hydrogens is 303 g/mol. The first-order valence-electron chi connectivity index (χ1n) is 4.85. The molecule has 15 heavy (non-hydrogen) atoms. The zero-order valence-corrected chi connectivity index (χ0v) is 10.6. The molecule has 0 atom stereocenters. The number of imidazole rings is 1. The van der Waals surface area contributed by atoms with Crippen molar-refractivity contribution >= 4 is 34.5 Å². The molecule has 0 aromatic carbocycles. The molecule has 0 fully saturated rings. The van der Waals surface area contributed by atoms with Crippen molar-refractivity contribution in [3.63, 3.8) is 0 Å². The molecule has 78 valence electrons. The molecular formula is C11H11IN2O. The van der Waals surface area contributed by atoms with E-state index in [0.29, 0.717) is 6.42 Å². The number of aryl methyl sites for hydroxylation is 1. The van der Waals surface area contributed by atoms with E-state index in [-0.39, 0.29) is 0 Å². The van der Waals surface area contributed by atoms with Crippen molar-refractivity contribution in [2.45, 2.75) is 19.8 Å². The Kier molecular flexibility index (Phi) is 3.04. The van der Waals surface area contributed by atoms with E-state index in [1.807, 2.05) is 22.7 Å². The number of pyridine rings is 1. The molecule has 2 aromatic heterocycles. The average molecular weight is 314 g/mol. The van der Waals surface area contributed by atoms with Gasteiger partial charge in [-0.25, -0.2) is 4.98 Å². The summed E-state index contributed by atoms with van der Waals surface area (Å²) in [7, 11) is 0.